The van der Waals surface area contributed by atoms with Crippen LogP contribution in [0.3, 0.4) is 0 Å². The van der Waals surface area contributed by atoms with Crippen LogP contribution in [0.5, 0.6) is 5.75 Å². The van der Waals surface area contributed by atoms with E-state index in [0.717, 1.165) is 11.1 Å². The summed E-state index contributed by atoms with van der Waals surface area (Å²) in [6, 6.07) is 22.6. The Morgan fingerprint density at radius 3 is 2.33 bits per heavy atom. The molecular weight excluding hydrogens is 503 g/mol. The number of nitrogens with zero attached hydrogens (tertiary/aromatic N) is 4. The minimum atomic E-state index is -0.452. The van der Waals surface area contributed by atoms with Gasteiger partial charge >= 0.3 is 0 Å². The lowest BCUT2D eigenvalue weighted by atomic mass is 10.1. The molecule has 36 heavy (non-hydrogen) atoms. The van der Waals surface area contributed by atoms with Gasteiger partial charge in [0.15, 0.2) is 5.96 Å². The number of hydrogen-bond acceptors (Lipinski definition) is 6. The number of halogens is 2. The Balaban J connectivity index is 0.00000361. The first-order valence-corrected chi connectivity index (χ1v) is 10.9. The molecule has 0 amide bonds. The second-order valence-corrected chi connectivity index (χ2v) is 7.89. The summed E-state index contributed by atoms with van der Waals surface area (Å²) in [6.45, 7) is 0.433. The Morgan fingerprint density at radius 2 is 1.69 bits per heavy atom. The standard InChI is InChI=1S/C25H21ClN6O3.ClH/c1-35-21-11-7-17(8-12-21)22-14-23(18-3-2-4-20(13-18)32(33)34)30-25(29-22)31-24(27)28-15-16-5-9-19(26)10-6-16;/h2-14H,15H2,1H3,(H3,27,28,29,30,31);1H. The van der Waals surface area contributed by atoms with Gasteiger partial charge in [-0.3, -0.25) is 10.1 Å². The summed E-state index contributed by atoms with van der Waals surface area (Å²) in [6.07, 6.45) is 0. The third-order valence-corrected chi connectivity index (χ3v) is 5.31. The van der Waals surface area contributed by atoms with Crippen molar-refractivity contribution in [2.45, 2.75) is 6.54 Å². The van der Waals surface area contributed by atoms with E-state index in [-0.39, 0.29) is 30.0 Å². The van der Waals surface area contributed by atoms with Gasteiger partial charge in [-0.05, 0) is 48.0 Å². The quantitative estimate of drug-likeness (QED) is 0.140. The van der Waals surface area contributed by atoms with E-state index in [1.807, 2.05) is 36.4 Å². The molecule has 0 fully saturated rings. The van der Waals surface area contributed by atoms with E-state index in [0.29, 0.717) is 34.3 Å². The Morgan fingerprint density at radius 1 is 1.03 bits per heavy atom. The number of nitrogens with one attached hydrogen (secondary N) is 1. The summed E-state index contributed by atoms with van der Waals surface area (Å²) in [4.78, 5) is 24.2. The van der Waals surface area contributed by atoms with Crippen molar-refractivity contribution < 1.29 is 9.66 Å². The van der Waals surface area contributed by atoms with Gasteiger partial charge in [0.05, 0.1) is 23.4 Å². The Hall–Kier alpha value is -4.21. The van der Waals surface area contributed by atoms with E-state index in [9.17, 15) is 10.1 Å². The molecule has 0 radical (unpaired) electrons. The van der Waals surface area contributed by atoms with Gasteiger partial charge in [-0.1, -0.05) is 35.9 Å². The molecule has 1 heterocycles. The van der Waals surface area contributed by atoms with Crippen molar-refractivity contribution in [2.75, 3.05) is 7.11 Å². The highest BCUT2D eigenvalue weighted by molar-refractivity contribution is 6.30. The number of hydrogen-bond donors (Lipinski definition) is 2. The van der Waals surface area contributed by atoms with Crippen LogP contribution in [0.1, 0.15) is 5.56 Å². The monoisotopic (exact) mass is 524 g/mol. The molecule has 11 heteroatoms. The fourth-order valence-corrected chi connectivity index (χ4v) is 3.39. The third-order valence-electron chi connectivity index (χ3n) is 5.06. The van der Waals surface area contributed by atoms with Crippen molar-refractivity contribution >= 4 is 41.6 Å². The van der Waals surface area contributed by atoms with E-state index in [1.165, 1.54) is 12.1 Å². The molecule has 0 spiro atoms. The zero-order valence-corrected chi connectivity index (χ0v) is 20.7. The van der Waals surface area contributed by atoms with Crippen molar-refractivity contribution in [1.82, 2.24) is 15.3 Å². The Labute approximate surface area is 218 Å². The Kier molecular flexibility index (Phi) is 8.77. The van der Waals surface area contributed by atoms with E-state index in [2.05, 4.69) is 20.3 Å². The number of ether oxygens (including phenoxy) is 1. The van der Waals surface area contributed by atoms with Crippen molar-refractivity contribution in [3.63, 3.8) is 0 Å². The topological polar surface area (TPSA) is 129 Å². The summed E-state index contributed by atoms with van der Waals surface area (Å²) in [7, 11) is 1.59. The molecule has 0 aliphatic heterocycles. The highest BCUT2D eigenvalue weighted by atomic mass is 35.5. The fraction of sp³-hybridized carbons (Fsp3) is 0.0800. The number of non-ortho nitro benzene ring substituents is 1. The molecule has 0 saturated carbocycles. The number of nitrogens with two attached hydrogens (primary N) is 1. The fourth-order valence-electron chi connectivity index (χ4n) is 3.26. The molecule has 4 rings (SSSR count). The summed E-state index contributed by atoms with van der Waals surface area (Å²) in [5.41, 5.74) is 9.42. The van der Waals surface area contributed by atoms with Gasteiger partial charge in [-0.2, -0.15) is 4.99 Å². The number of guanidine groups is 1. The highest BCUT2D eigenvalue weighted by Crippen LogP contribution is 2.29. The highest BCUT2D eigenvalue weighted by Gasteiger charge is 2.12. The molecule has 1 aromatic heterocycles. The van der Waals surface area contributed by atoms with E-state index >= 15 is 0 Å². The zero-order valence-electron chi connectivity index (χ0n) is 19.1. The van der Waals surface area contributed by atoms with Gasteiger partial charge in [0.1, 0.15) is 5.75 Å². The lowest BCUT2D eigenvalue weighted by Gasteiger charge is -2.09. The maximum Gasteiger partial charge on any atom is 0.270 e. The van der Waals surface area contributed by atoms with Crippen LogP contribution in [-0.4, -0.2) is 28.0 Å². The smallest absolute Gasteiger partial charge is 0.270 e. The number of nitro benzene ring substituents is 1. The molecule has 184 valence electrons. The third kappa shape index (κ3) is 6.68. The van der Waals surface area contributed by atoms with Crippen LogP contribution in [0.4, 0.5) is 11.6 Å². The van der Waals surface area contributed by atoms with Crippen molar-refractivity contribution in [1.29, 1.82) is 0 Å². The van der Waals surface area contributed by atoms with Crippen LogP contribution < -0.4 is 15.8 Å². The molecule has 0 saturated heterocycles. The summed E-state index contributed by atoms with van der Waals surface area (Å²) < 4.78 is 5.23. The van der Waals surface area contributed by atoms with E-state index < -0.39 is 4.92 Å². The lowest BCUT2D eigenvalue weighted by molar-refractivity contribution is -0.384. The molecule has 3 aromatic carbocycles. The van der Waals surface area contributed by atoms with Crippen LogP contribution in [-0.2, 0) is 6.54 Å². The molecule has 9 nitrogen and oxygen atoms in total. The van der Waals surface area contributed by atoms with Gasteiger partial charge in [0.25, 0.3) is 11.6 Å². The van der Waals surface area contributed by atoms with Crippen LogP contribution in [0.25, 0.3) is 22.5 Å². The number of benzene rings is 3. The minimum Gasteiger partial charge on any atom is -0.497 e. The van der Waals surface area contributed by atoms with E-state index in [4.69, 9.17) is 22.1 Å². The van der Waals surface area contributed by atoms with Gasteiger partial charge in [0, 0.05) is 34.8 Å². The van der Waals surface area contributed by atoms with Gasteiger partial charge in [-0.25, -0.2) is 9.97 Å². The molecule has 0 atom stereocenters. The Bertz CT molecular complexity index is 1380. The normalized spacial score (nSPS) is 10.9. The zero-order chi connectivity index (χ0) is 24.8. The largest absolute Gasteiger partial charge is 0.497 e. The van der Waals surface area contributed by atoms with Crippen LogP contribution in [0.15, 0.2) is 83.9 Å². The molecule has 3 N–H and O–H groups in total. The lowest BCUT2D eigenvalue weighted by Crippen LogP contribution is -2.30. The van der Waals surface area contributed by atoms with Gasteiger partial charge < -0.3 is 15.8 Å². The SMILES string of the molecule is COc1ccc(-c2cc(-c3cccc([N+](=O)[O-])c3)nc(N=C(N)NCc3ccc(Cl)cc3)n2)cc1.Cl. The number of rotatable bonds is 7. The van der Waals surface area contributed by atoms with Gasteiger partial charge in [0.2, 0.25) is 0 Å². The summed E-state index contributed by atoms with van der Waals surface area (Å²) in [5.74, 6) is 0.938. The summed E-state index contributed by atoms with van der Waals surface area (Å²) in [5, 5.41) is 14.9. The van der Waals surface area contributed by atoms with Crippen molar-refractivity contribution in [3.8, 4) is 28.3 Å². The second-order valence-electron chi connectivity index (χ2n) is 7.45. The van der Waals surface area contributed by atoms with Crippen LogP contribution >= 0.6 is 24.0 Å². The summed E-state index contributed by atoms with van der Waals surface area (Å²) >= 11 is 5.93. The maximum atomic E-state index is 11.3. The average molecular weight is 525 g/mol. The van der Waals surface area contributed by atoms with Crippen molar-refractivity contribution in [3.05, 3.63) is 99.6 Å². The predicted octanol–water partition coefficient (Wildman–Crippen LogP) is 5.54. The number of nitro groups is 1. The molecule has 4 aromatic rings. The molecule has 0 unspecified atom stereocenters. The molecule has 0 bridgehead atoms. The minimum absolute atomic E-state index is 0. The maximum absolute atomic E-state index is 11.3. The van der Waals surface area contributed by atoms with Crippen LogP contribution in [0, 0.1) is 10.1 Å². The van der Waals surface area contributed by atoms with Crippen molar-refractivity contribution in [2.24, 2.45) is 10.7 Å². The van der Waals surface area contributed by atoms with Gasteiger partial charge in [-0.15, -0.1) is 12.4 Å². The number of methoxy groups -OCH3 is 1. The molecular formula is C25H22Cl2N6O3. The predicted molar refractivity (Wildman–Crippen MR) is 143 cm³/mol. The van der Waals surface area contributed by atoms with E-state index in [1.54, 1.807) is 37.4 Å². The number of aromatic nitrogens is 2. The molecule has 0 aliphatic rings. The first kappa shape index (κ1) is 26.4. The second kappa shape index (κ2) is 12.0. The average Bonchev–Trinajstić information content (AvgIpc) is 2.88. The first-order valence-electron chi connectivity index (χ1n) is 10.5. The van der Waals surface area contributed by atoms with Crippen LogP contribution in [0.2, 0.25) is 5.02 Å². The number of aliphatic imine (C=N–C) groups is 1. The molecule has 0 aliphatic carbocycles. The first-order chi connectivity index (χ1) is 16.9.